The topological polar surface area (TPSA) is 114 Å². The number of halogens is 3. The molecule has 0 spiro atoms. The number of hydrogen-bond donors (Lipinski definition) is 2. The molecule has 48 heavy (non-hydrogen) atoms. The summed E-state index contributed by atoms with van der Waals surface area (Å²) in [5.74, 6) is 0.520. The molecule has 1 fully saturated rings. The van der Waals surface area contributed by atoms with Gasteiger partial charge in [-0.2, -0.15) is 13.2 Å². The number of aromatic nitrogens is 2. The maximum atomic E-state index is 14.1. The molecular weight excluding hydrogens is 625 g/mol. The Morgan fingerprint density at radius 1 is 1.19 bits per heavy atom. The summed E-state index contributed by atoms with van der Waals surface area (Å²) in [5.41, 5.74) is 1.84. The number of benzene rings is 1. The first-order valence-electron chi connectivity index (χ1n) is 15.8. The van der Waals surface area contributed by atoms with Crippen molar-refractivity contribution in [1.29, 1.82) is 0 Å². The molecule has 12 heteroatoms. The molecule has 0 saturated carbocycles. The highest BCUT2D eigenvalue weighted by atomic mass is 19.4. The molecule has 2 atom stereocenters. The zero-order valence-corrected chi connectivity index (χ0v) is 27.7. The number of alkyl halides is 3. The molecule has 4 rings (SSSR count). The van der Waals surface area contributed by atoms with E-state index in [1.807, 2.05) is 50.8 Å². The number of pyridine rings is 2. The van der Waals surface area contributed by atoms with Crippen LogP contribution in [0.15, 0.2) is 47.5 Å². The minimum atomic E-state index is -4.77. The van der Waals surface area contributed by atoms with Crippen LogP contribution in [-0.4, -0.2) is 64.3 Å². The van der Waals surface area contributed by atoms with E-state index in [0.29, 0.717) is 42.5 Å². The number of terminal acetylenes is 1. The summed E-state index contributed by atoms with van der Waals surface area (Å²) >= 11 is 0. The van der Waals surface area contributed by atoms with E-state index >= 15 is 0 Å². The van der Waals surface area contributed by atoms with E-state index < -0.39 is 47.7 Å². The number of hydrogen-bond acceptors (Lipinski definition) is 6. The molecular formula is C36H41F3N4O5. The van der Waals surface area contributed by atoms with Crippen LogP contribution in [0.3, 0.4) is 0 Å². The van der Waals surface area contributed by atoms with Crippen molar-refractivity contribution in [2.45, 2.75) is 71.3 Å². The SMILES string of the molecule is C#Cc1ncc([C@@H](CC(=O)O)NC(=O)[C@@H](CC(C)C)n2cc(CCN3CC(OC)C3)c(C(F)(F)F)cc2=O)cc1-c1c(C)cccc1C. The van der Waals surface area contributed by atoms with Crippen LogP contribution in [-0.2, 0) is 26.9 Å². The van der Waals surface area contributed by atoms with Crippen LogP contribution in [0.1, 0.15) is 72.3 Å². The number of aryl methyl sites for hydroxylation is 2. The summed E-state index contributed by atoms with van der Waals surface area (Å²) in [4.78, 5) is 45.6. The molecule has 1 aromatic carbocycles. The van der Waals surface area contributed by atoms with Crippen molar-refractivity contribution in [3.8, 4) is 23.5 Å². The molecule has 0 bridgehead atoms. The highest BCUT2D eigenvalue weighted by Crippen LogP contribution is 2.34. The van der Waals surface area contributed by atoms with Gasteiger partial charge in [-0.1, -0.05) is 32.0 Å². The number of rotatable bonds is 13. The van der Waals surface area contributed by atoms with Gasteiger partial charge in [-0.25, -0.2) is 4.98 Å². The number of carboxylic acids is 1. The van der Waals surface area contributed by atoms with E-state index in [1.54, 1.807) is 13.2 Å². The number of carbonyl (C=O) groups is 2. The molecule has 1 aliphatic rings. The molecule has 0 unspecified atom stereocenters. The van der Waals surface area contributed by atoms with Gasteiger partial charge in [-0.15, -0.1) is 6.42 Å². The Labute approximate surface area is 278 Å². The predicted molar refractivity (Wildman–Crippen MR) is 175 cm³/mol. The molecule has 2 N–H and O–H groups in total. The van der Waals surface area contributed by atoms with Crippen molar-refractivity contribution < 1.29 is 32.6 Å². The van der Waals surface area contributed by atoms with Crippen LogP contribution < -0.4 is 10.9 Å². The first-order valence-corrected chi connectivity index (χ1v) is 15.8. The number of likely N-dealkylation sites (tertiary alicyclic amines) is 1. The smallest absolute Gasteiger partial charge is 0.416 e. The molecule has 3 heterocycles. The Kier molecular flexibility index (Phi) is 11.5. The standard InChI is InChI=1S/C36H41F3N4O5/c1-7-29-27(34-22(4)9-8-10-23(34)5)14-25(17-40-29)30(16-33(45)46)41-35(47)31(13-21(2)3)43-18-24(11-12-42-19-26(20-42)48-6)28(15-32(43)44)36(37,38)39/h1,8-10,14-15,17-18,21,26,30-31H,11-13,16,19-20H2,2-6H3,(H,41,47)(H,45,46)/t30-,31-/m1/s1. The van der Waals surface area contributed by atoms with E-state index in [0.717, 1.165) is 27.5 Å². The molecule has 0 radical (unpaired) electrons. The molecule has 0 aliphatic carbocycles. The third-order valence-corrected chi connectivity index (χ3v) is 8.65. The summed E-state index contributed by atoms with van der Waals surface area (Å²) in [7, 11) is 1.58. The Morgan fingerprint density at radius 2 is 1.85 bits per heavy atom. The van der Waals surface area contributed by atoms with Crippen molar-refractivity contribution in [3.63, 3.8) is 0 Å². The molecule has 9 nitrogen and oxygen atoms in total. The largest absolute Gasteiger partial charge is 0.481 e. The van der Waals surface area contributed by atoms with Crippen molar-refractivity contribution in [1.82, 2.24) is 19.8 Å². The average molecular weight is 667 g/mol. The van der Waals surface area contributed by atoms with Crippen LogP contribution >= 0.6 is 0 Å². The molecule has 1 amide bonds. The lowest BCUT2D eigenvalue weighted by Crippen LogP contribution is -2.52. The third kappa shape index (κ3) is 8.51. The Morgan fingerprint density at radius 3 is 2.42 bits per heavy atom. The van der Waals surface area contributed by atoms with E-state index in [9.17, 15) is 32.7 Å². The maximum absolute atomic E-state index is 14.1. The van der Waals surface area contributed by atoms with Gasteiger partial charge in [0.15, 0.2) is 0 Å². The van der Waals surface area contributed by atoms with E-state index in [2.05, 4.69) is 16.2 Å². The predicted octanol–water partition coefficient (Wildman–Crippen LogP) is 5.32. The second-order valence-electron chi connectivity index (χ2n) is 12.7. The molecule has 256 valence electrons. The van der Waals surface area contributed by atoms with Crippen molar-refractivity contribution in [3.05, 3.63) is 86.6 Å². The minimum absolute atomic E-state index is 0.00247. The normalized spacial score (nSPS) is 15.1. The third-order valence-electron chi connectivity index (χ3n) is 8.65. The maximum Gasteiger partial charge on any atom is 0.416 e. The second-order valence-corrected chi connectivity index (χ2v) is 12.7. The van der Waals surface area contributed by atoms with E-state index in [1.165, 1.54) is 6.20 Å². The highest BCUT2D eigenvalue weighted by molar-refractivity contribution is 5.82. The lowest BCUT2D eigenvalue weighted by molar-refractivity contribution is -0.139. The first kappa shape index (κ1) is 36.4. The van der Waals surface area contributed by atoms with Crippen LogP contribution in [0.2, 0.25) is 0 Å². The van der Waals surface area contributed by atoms with Crippen LogP contribution in [0, 0.1) is 32.1 Å². The lowest BCUT2D eigenvalue weighted by atomic mass is 9.92. The van der Waals surface area contributed by atoms with Gasteiger partial charge >= 0.3 is 12.1 Å². The number of amides is 1. The van der Waals surface area contributed by atoms with Gasteiger partial charge in [0.05, 0.1) is 24.1 Å². The second kappa shape index (κ2) is 15.2. The number of nitrogens with zero attached hydrogens (tertiary/aromatic N) is 3. The fourth-order valence-corrected chi connectivity index (χ4v) is 6.14. The summed E-state index contributed by atoms with van der Waals surface area (Å²) in [5, 5.41) is 12.6. The fourth-order valence-electron chi connectivity index (χ4n) is 6.14. The Hall–Kier alpha value is -4.47. The summed E-state index contributed by atoms with van der Waals surface area (Å²) in [6.45, 7) is 8.95. The van der Waals surface area contributed by atoms with Crippen molar-refractivity contribution in [2.24, 2.45) is 5.92 Å². The number of ether oxygens (including phenoxy) is 1. The number of carboxylic acid groups (broad SMARTS) is 1. The minimum Gasteiger partial charge on any atom is -0.481 e. The fraction of sp³-hybridized carbons (Fsp3) is 0.444. The van der Waals surface area contributed by atoms with Gasteiger partial charge in [0, 0.05) is 50.8 Å². The number of carbonyl (C=O) groups excluding carboxylic acids is 1. The van der Waals surface area contributed by atoms with E-state index in [4.69, 9.17) is 11.2 Å². The summed E-state index contributed by atoms with van der Waals surface area (Å²) in [6.07, 6.45) is 3.13. The number of methoxy groups -OCH3 is 1. The quantitative estimate of drug-likeness (QED) is 0.238. The van der Waals surface area contributed by atoms with Crippen LogP contribution in [0.4, 0.5) is 13.2 Å². The highest BCUT2D eigenvalue weighted by Gasteiger charge is 2.36. The van der Waals surface area contributed by atoms with Gasteiger partial charge in [0.25, 0.3) is 5.56 Å². The first-order chi connectivity index (χ1) is 22.6. The Balaban J connectivity index is 1.73. The lowest BCUT2D eigenvalue weighted by Gasteiger charge is -2.38. The Bertz CT molecular complexity index is 1740. The van der Waals surface area contributed by atoms with Crippen molar-refractivity contribution >= 4 is 11.9 Å². The molecule has 3 aromatic rings. The molecule has 2 aromatic heterocycles. The van der Waals surface area contributed by atoms with E-state index in [-0.39, 0.29) is 30.4 Å². The molecule has 1 saturated heterocycles. The average Bonchev–Trinajstić information content (AvgIpc) is 2.98. The van der Waals surface area contributed by atoms with Gasteiger partial charge in [-0.3, -0.25) is 19.3 Å². The monoisotopic (exact) mass is 666 g/mol. The summed E-state index contributed by atoms with van der Waals surface area (Å²) in [6, 6.07) is 5.67. The zero-order valence-electron chi connectivity index (χ0n) is 27.7. The van der Waals surface area contributed by atoms with Crippen LogP contribution in [0.25, 0.3) is 11.1 Å². The van der Waals surface area contributed by atoms with Crippen molar-refractivity contribution in [2.75, 3.05) is 26.7 Å². The number of aliphatic carboxylic acids is 1. The zero-order chi connectivity index (χ0) is 35.3. The summed E-state index contributed by atoms with van der Waals surface area (Å²) < 4.78 is 48.5. The van der Waals surface area contributed by atoms with Gasteiger partial charge in [0.2, 0.25) is 5.91 Å². The number of nitrogens with one attached hydrogen (secondary N) is 1. The molecule has 1 aliphatic heterocycles. The van der Waals surface area contributed by atoms with Gasteiger partial charge in [-0.05, 0) is 72.4 Å². The van der Waals surface area contributed by atoms with Crippen LogP contribution in [0.5, 0.6) is 0 Å². The van der Waals surface area contributed by atoms with Gasteiger partial charge in [0.1, 0.15) is 11.7 Å². The van der Waals surface area contributed by atoms with Gasteiger partial charge < -0.3 is 19.7 Å².